The van der Waals surface area contributed by atoms with Crippen LogP contribution in [0.15, 0.2) is 24.3 Å². The van der Waals surface area contributed by atoms with Gasteiger partial charge in [0.05, 0.1) is 13.6 Å². The van der Waals surface area contributed by atoms with E-state index in [9.17, 15) is 14.4 Å². The molecule has 144 valence electrons. The number of quaternary nitrogens is 1. The molecule has 0 aliphatic carbocycles. The minimum Gasteiger partial charge on any atom is -0.349 e. The lowest BCUT2D eigenvalue weighted by atomic mass is 10.1. The number of para-hydroxylation sites is 1. The van der Waals surface area contributed by atoms with Crippen LogP contribution in [-0.4, -0.2) is 62.4 Å². The van der Waals surface area contributed by atoms with Crippen molar-refractivity contribution in [1.82, 2.24) is 10.2 Å². The minimum atomic E-state index is -0.239. The molecule has 1 rings (SSSR count). The van der Waals surface area contributed by atoms with E-state index in [-0.39, 0.29) is 43.4 Å². The van der Waals surface area contributed by atoms with Gasteiger partial charge in [0, 0.05) is 18.8 Å². The zero-order chi connectivity index (χ0) is 19.7. The van der Waals surface area contributed by atoms with E-state index in [0.717, 1.165) is 22.6 Å². The number of nitrogens with zero attached hydrogens (tertiary/aromatic N) is 1. The second kappa shape index (κ2) is 10.6. The molecule has 0 saturated heterocycles. The number of rotatable bonds is 9. The lowest BCUT2D eigenvalue weighted by Gasteiger charge is -2.20. The number of benzene rings is 1. The van der Waals surface area contributed by atoms with Gasteiger partial charge in [-0.25, -0.2) is 0 Å². The summed E-state index contributed by atoms with van der Waals surface area (Å²) >= 11 is 0. The molecule has 26 heavy (non-hydrogen) atoms. The van der Waals surface area contributed by atoms with Crippen LogP contribution in [0, 0.1) is 0 Å². The van der Waals surface area contributed by atoms with E-state index in [4.69, 9.17) is 0 Å². The summed E-state index contributed by atoms with van der Waals surface area (Å²) in [5.74, 6) is -0.516. The number of hydrogen-bond acceptors (Lipinski definition) is 3. The molecule has 0 saturated carbocycles. The van der Waals surface area contributed by atoms with Crippen molar-refractivity contribution in [3.05, 3.63) is 29.8 Å². The monoisotopic (exact) mass is 363 g/mol. The van der Waals surface area contributed by atoms with E-state index < -0.39 is 0 Å². The van der Waals surface area contributed by atoms with Gasteiger partial charge in [-0.2, -0.15) is 0 Å². The Bertz CT molecular complexity index is 631. The van der Waals surface area contributed by atoms with Crippen LogP contribution in [0.1, 0.15) is 26.3 Å². The summed E-state index contributed by atoms with van der Waals surface area (Å²) in [6.45, 7) is 6.15. The van der Waals surface area contributed by atoms with Crippen LogP contribution in [-0.2, 0) is 20.8 Å². The molecule has 3 N–H and O–H groups in total. The molecule has 3 amide bonds. The molecule has 0 radical (unpaired) electrons. The SMILES string of the molecule is CCc1ccccc1NC(=O)CN(C)C(=O)C[NH+](C)CC(=O)NC(C)C. The summed E-state index contributed by atoms with van der Waals surface area (Å²) in [4.78, 5) is 38.4. The largest absolute Gasteiger partial charge is 0.349 e. The number of anilines is 1. The number of carbonyl (C=O) groups is 3. The molecule has 0 aromatic heterocycles. The second-order valence-electron chi connectivity index (χ2n) is 6.84. The molecule has 1 unspecified atom stereocenters. The molecule has 0 fully saturated rings. The van der Waals surface area contributed by atoms with Crippen molar-refractivity contribution in [3.63, 3.8) is 0 Å². The number of nitrogens with one attached hydrogen (secondary N) is 3. The fourth-order valence-electron chi connectivity index (χ4n) is 2.55. The summed E-state index contributed by atoms with van der Waals surface area (Å²) in [6.07, 6.45) is 0.817. The number of likely N-dealkylation sites (N-methyl/N-ethyl adjacent to an activating group) is 2. The van der Waals surface area contributed by atoms with E-state index in [1.54, 1.807) is 14.1 Å². The number of amides is 3. The van der Waals surface area contributed by atoms with Gasteiger partial charge in [-0.15, -0.1) is 0 Å². The Labute approximate surface area is 155 Å². The van der Waals surface area contributed by atoms with Crippen LogP contribution in [0.25, 0.3) is 0 Å². The van der Waals surface area contributed by atoms with Crippen molar-refractivity contribution in [2.24, 2.45) is 0 Å². The first kappa shape index (κ1) is 21.6. The van der Waals surface area contributed by atoms with Crippen LogP contribution in [0.5, 0.6) is 0 Å². The molecule has 0 bridgehead atoms. The fourth-order valence-corrected chi connectivity index (χ4v) is 2.55. The van der Waals surface area contributed by atoms with Crippen LogP contribution in [0.2, 0.25) is 0 Å². The molecular formula is C19H31N4O3+. The third-order valence-corrected chi connectivity index (χ3v) is 3.84. The second-order valence-corrected chi connectivity index (χ2v) is 6.84. The molecule has 0 heterocycles. The standard InChI is InChI=1S/C19H30N4O3/c1-6-15-9-7-8-10-16(15)21-18(25)12-23(5)19(26)13-22(4)11-17(24)20-14(2)3/h7-10,14H,6,11-13H2,1-5H3,(H,20,24)(H,21,25)/p+1. The third-order valence-electron chi connectivity index (χ3n) is 3.84. The first-order valence-electron chi connectivity index (χ1n) is 8.95. The van der Waals surface area contributed by atoms with Gasteiger partial charge in [-0.1, -0.05) is 25.1 Å². The topological polar surface area (TPSA) is 83.0 Å². The molecule has 7 nitrogen and oxygen atoms in total. The summed E-state index contributed by atoms with van der Waals surface area (Å²) < 4.78 is 0. The molecular weight excluding hydrogens is 332 g/mol. The van der Waals surface area contributed by atoms with Crippen molar-refractivity contribution in [3.8, 4) is 0 Å². The van der Waals surface area contributed by atoms with E-state index in [1.807, 2.05) is 45.0 Å². The maximum Gasteiger partial charge on any atom is 0.277 e. The van der Waals surface area contributed by atoms with Gasteiger partial charge in [0.2, 0.25) is 5.91 Å². The molecule has 7 heteroatoms. The first-order valence-corrected chi connectivity index (χ1v) is 8.95. The Morgan fingerprint density at radius 2 is 1.77 bits per heavy atom. The maximum absolute atomic E-state index is 12.3. The normalized spacial score (nSPS) is 11.8. The lowest BCUT2D eigenvalue weighted by molar-refractivity contribution is -0.863. The van der Waals surface area contributed by atoms with Gasteiger partial charge in [-0.05, 0) is 31.9 Å². The van der Waals surface area contributed by atoms with E-state index in [1.165, 1.54) is 4.90 Å². The summed E-state index contributed by atoms with van der Waals surface area (Å²) in [6, 6.07) is 7.68. The Balaban J connectivity index is 2.48. The molecule has 1 aromatic rings. The number of hydrogen-bond donors (Lipinski definition) is 3. The van der Waals surface area contributed by atoms with Crippen molar-refractivity contribution in [1.29, 1.82) is 0 Å². The van der Waals surface area contributed by atoms with Crippen molar-refractivity contribution in [2.45, 2.75) is 33.2 Å². The van der Waals surface area contributed by atoms with Crippen molar-refractivity contribution >= 4 is 23.4 Å². The highest BCUT2D eigenvalue weighted by molar-refractivity contribution is 5.95. The van der Waals surface area contributed by atoms with E-state index >= 15 is 0 Å². The molecule has 1 aromatic carbocycles. The Morgan fingerprint density at radius 1 is 1.12 bits per heavy atom. The Morgan fingerprint density at radius 3 is 2.38 bits per heavy atom. The number of aryl methyl sites for hydroxylation is 1. The average Bonchev–Trinajstić information content (AvgIpc) is 2.53. The van der Waals surface area contributed by atoms with Gasteiger partial charge in [-0.3, -0.25) is 14.4 Å². The van der Waals surface area contributed by atoms with E-state index in [2.05, 4.69) is 10.6 Å². The quantitative estimate of drug-likeness (QED) is 0.563. The van der Waals surface area contributed by atoms with Crippen LogP contribution in [0.4, 0.5) is 5.69 Å². The molecule has 0 aliphatic rings. The highest BCUT2D eigenvalue weighted by atomic mass is 16.2. The average molecular weight is 363 g/mol. The smallest absolute Gasteiger partial charge is 0.277 e. The van der Waals surface area contributed by atoms with Crippen LogP contribution < -0.4 is 15.5 Å². The van der Waals surface area contributed by atoms with Crippen LogP contribution in [0.3, 0.4) is 0 Å². The van der Waals surface area contributed by atoms with Gasteiger partial charge < -0.3 is 20.4 Å². The zero-order valence-electron chi connectivity index (χ0n) is 16.4. The maximum atomic E-state index is 12.3. The fraction of sp³-hybridized carbons (Fsp3) is 0.526. The predicted molar refractivity (Wildman–Crippen MR) is 102 cm³/mol. The number of carbonyl (C=O) groups excluding carboxylic acids is 3. The van der Waals surface area contributed by atoms with E-state index in [0.29, 0.717) is 0 Å². The highest BCUT2D eigenvalue weighted by Crippen LogP contribution is 2.15. The summed E-state index contributed by atoms with van der Waals surface area (Å²) in [7, 11) is 3.37. The lowest BCUT2D eigenvalue weighted by Crippen LogP contribution is -3.11. The van der Waals surface area contributed by atoms with Gasteiger partial charge in [0.1, 0.15) is 0 Å². The van der Waals surface area contributed by atoms with Gasteiger partial charge in [0.15, 0.2) is 13.1 Å². The summed E-state index contributed by atoms with van der Waals surface area (Å²) in [5.41, 5.74) is 1.82. The summed E-state index contributed by atoms with van der Waals surface area (Å²) in [5, 5.41) is 5.65. The minimum absolute atomic E-state index is 0.0254. The Kier molecular flexibility index (Phi) is 8.78. The highest BCUT2D eigenvalue weighted by Gasteiger charge is 2.19. The zero-order valence-corrected chi connectivity index (χ0v) is 16.4. The van der Waals surface area contributed by atoms with Gasteiger partial charge in [0.25, 0.3) is 11.8 Å². The first-order chi connectivity index (χ1) is 12.2. The van der Waals surface area contributed by atoms with Crippen LogP contribution >= 0.6 is 0 Å². The van der Waals surface area contributed by atoms with Crippen molar-refractivity contribution in [2.75, 3.05) is 39.0 Å². The Hall–Kier alpha value is -2.41. The van der Waals surface area contributed by atoms with Crippen molar-refractivity contribution < 1.29 is 19.3 Å². The molecule has 0 aliphatic heterocycles. The predicted octanol–water partition coefficient (Wildman–Crippen LogP) is -0.315. The molecule has 0 spiro atoms. The third kappa shape index (κ3) is 7.65. The van der Waals surface area contributed by atoms with Gasteiger partial charge >= 0.3 is 0 Å². The molecule has 1 atom stereocenters.